The molecule has 3 heterocycles. The molecule has 3 aliphatic rings. The van der Waals surface area contributed by atoms with Gasteiger partial charge >= 0.3 is 0 Å². The third-order valence-electron chi connectivity index (χ3n) is 5.87. The summed E-state index contributed by atoms with van der Waals surface area (Å²) in [6.45, 7) is 5.87. The van der Waals surface area contributed by atoms with Gasteiger partial charge in [-0.1, -0.05) is 0 Å². The van der Waals surface area contributed by atoms with E-state index in [0.717, 1.165) is 51.2 Å². The number of ether oxygens (including phenoxy) is 1. The minimum Gasteiger partial charge on any atom is -0.380 e. The first-order chi connectivity index (χ1) is 12.8. The van der Waals surface area contributed by atoms with E-state index in [1.54, 1.807) is 0 Å². The number of pyridine rings is 1. The molecule has 0 spiro atoms. The Morgan fingerprint density at radius 1 is 1.04 bits per heavy atom. The molecule has 138 valence electrons. The van der Waals surface area contributed by atoms with Crippen molar-refractivity contribution in [3.8, 4) is 0 Å². The van der Waals surface area contributed by atoms with Gasteiger partial charge in [0.1, 0.15) is 0 Å². The molecule has 1 aliphatic heterocycles. The monoisotopic (exact) mass is 352 g/mol. The number of hydrogen-bond acceptors (Lipinski definition) is 4. The highest BCUT2D eigenvalue weighted by molar-refractivity contribution is 5.26. The maximum Gasteiger partial charge on any atom is 0.0562 e. The van der Waals surface area contributed by atoms with Crippen LogP contribution in [0.2, 0.25) is 0 Å². The van der Waals surface area contributed by atoms with Gasteiger partial charge in [-0.2, -0.15) is 5.10 Å². The molecule has 0 saturated heterocycles. The van der Waals surface area contributed by atoms with E-state index in [2.05, 4.69) is 32.9 Å². The molecule has 0 N–H and O–H groups in total. The number of aromatic nitrogens is 3. The van der Waals surface area contributed by atoms with Gasteiger partial charge < -0.3 is 4.74 Å². The molecule has 26 heavy (non-hydrogen) atoms. The van der Waals surface area contributed by atoms with Crippen LogP contribution in [0, 0.1) is 11.8 Å². The molecule has 0 bridgehead atoms. The van der Waals surface area contributed by atoms with E-state index in [1.807, 2.05) is 12.4 Å². The molecule has 2 aromatic rings. The topological polar surface area (TPSA) is 43.2 Å². The average Bonchev–Trinajstić information content (AvgIpc) is 3.57. The first-order valence-corrected chi connectivity index (χ1v) is 10.1. The van der Waals surface area contributed by atoms with Crippen LogP contribution in [-0.2, 0) is 24.4 Å². The zero-order valence-corrected chi connectivity index (χ0v) is 15.4. The van der Waals surface area contributed by atoms with Gasteiger partial charge in [-0.25, -0.2) is 0 Å². The summed E-state index contributed by atoms with van der Waals surface area (Å²) in [7, 11) is 0. The summed E-state index contributed by atoms with van der Waals surface area (Å²) in [6, 6.07) is 4.23. The summed E-state index contributed by atoms with van der Waals surface area (Å²) in [4.78, 5) is 6.67. The van der Waals surface area contributed by atoms with Crippen molar-refractivity contribution >= 4 is 0 Å². The lowest BCUT2D eigenvalue weighted by Crippen LogP contribution is -2.36. The second-order valence-electron chi connectivity index (χ2n) is 8.38. The second-order valence-corrected chi connectivity index (χ2v) is 8.38. The molecule has 2 aromatic heterocycles. The van der Waals surface area contributed by atoms with E-state index in [-0.39, 0.29) is 0 Å². The van der Waals surface area contributed by atoms with Gasteiger partial charge in [0.25, 0.3) is 0 Å². The Morgan fingerprint density at radius 3 is 2.62 bits per heavy atom. The zero-order valence-electron chi connectivity index (χ0n) is 15.4. The van der Waals surface area contributed by atoms with Gasteiger partial charge in [0, 0.05) is 62.4 Å². The van der Waals surface area contributed by atoms with Crippen LogP contribution in [-0.4, -0.2) is 39.4 Å². The normalized spacial score (nSPS) is 23.2. The first-order valence-electron chi connectivity index (χ1n) is 10.1. The van der Waals surface area contributed by atoms with Crippen molar-refractivity contribution in [1.29, 1.82) is 0 Å². The minimum absolute atomic E-state index is 0.431. The van der Waals surface area contributed by atoms with Gasteiger partial charge in [0.2, 0.25) is 0 Å². The Kier molecular flexibility index (Phi) is 4.51. The summed E-state index contributed by atoms with van der Waals surface area (Å²) in [5.41, 5.74) is 4.16. The van der Waals surface area contributed by atoms with Crippen LogP contribution in [0.15, 0.2) is 30.7 Å². The second kappa shape index (κ2) is 7.12. The average molecular weight is 352 g/mol. The molecule has 1 atom stereocenters. The molecular formula is C21H28N4O. The van der Waals surface area contributed by atoms with Crippen LogP contribution in [0.5, 0.6) is 0 Å². The van der Waals surface area contributed by atoms with E-state index < -0.39 is 0 Å². The van der Waals surface area contributed by atoms with Gasteiger partial charge in [-0.05, 0) is 55.2 Å². The van der Waals surface area contributed by atoms with Crippen molar-refractivity contribution < 1.29 is 4.74 Å². The van der Waals surface area contributed by atoms with Crippen molar-refractivity contribution in [2.45, 2.75) is 51.2 Å². The minimum atomic E-state index is 0.431. The highest BCUT2D eigenvalue weighted by Gasteiger charge is 2.32. The van der Waals surface area contributed by atoms with E-state index in [0.29, 0.717) is 5.92 Å². The van der Waals surface area contributed by atoms with Crippen LogP contribution < -0.4 is 0 Å². The Labute approximate surface area is 155 Å². The van der Waals surface area contributed by atoms with Crippen LogP contribution in [0.4, 0.5) is 0 Å². The molecule has 2 aliphatic carbocycles. The molecule has 5 heteroatoms. The van der Waals surface area contributed by atoms with E-state index in [9.17, 15) is 0 Å². The third-order valence-corrected chi connectivity index (χ3v) is 5.87. The first kappa shape index (κ1) is 16.5. The fourth-order valence-corrected chi connectivity index (χ4v) is 4.08. The third kappa shape index (κ3) is 3.84. The Morgan fingerprint density at radius 2 is 1.85 bits per heavy atom. The van der Waals surface area contributed by atoms with E-state index in [4.69, 9.17) is 9.84 Å². The number of rotatable bonds is 8. The fraction of sp³-hybridized carbons (Fsp3) is 0.619. The van der Waals surface area contributed by atoms with Crippen LogP contribution >= 0.6 is 0 Å². The van der Waals surface area contributed by atoms with Crippen molar-refractivity contribution in [2.24, 2.45) is 11.8 Å². The van der Waals surface area contributed by atoms with Crippen molar-refractivity contribution in [1.82, 2.24) is 19.7 Å². The van der Waals surface area contributed by atoms with Gasteiger partial charge in [0.15, 0.2) is 0 Å². The molecule has 5 nitrogen and oxygen atoms in total. The van der Waals surface area contributed by atoms with Gasteiger partial charge in [-0.15, -0.1) is 0 Å². The molecular weight excluding hydrogens is 324 g/mol. The lowest BCUT2D eigenvalue weighted by atomic mass is 9.96. The molecule has 5 rings (SSSR count). The van der Waals surface area contributed by atoms with Crippen molar-refractivity contribution in [3.05, 3.63) is 47.5 Å². The summed E-state index contributed by atoms with van der Waals surface area (Å²) in [6.07, 6.45) is 11.3. The quantitative estimate of drug-likeness (QED) is 0.732. The molecule has 0 amide bonds. The molecule has 0 radical (unpaired) electrons. The Balaban J connectivity index is 1.32. The molecule has 1 unspecified atom stereocenters. The summed E-state index contributed by atoms with van der Waals surface area (Å²) in [5, 5.41) is 4.75. The smallest absolute Gasteiger partial charge is 0.0562 e. The lowest BCUT2D eigenvalue weighted by Gasteiger charge is -2.33. The van der Waals surface area contributed by atoms with Crippen LogP contribution in [0.1, 0.15) is 48.4 Å². The number of hydrogen-bond donors (Lipinski definition) is 0. The van der Waals surface area contributed by atoms with E-state index in [1.165, 1.54) is 42.5 Å². The van der Waals surface area contributed by atoms with Gasteiger partial charge in [-0.3, -0.25) is 14.6 Å². The molecule has 2 saturated carbocycles. The maximum atomic E-state index is 6.12. The zero-order chi connectivity index (χ0) is 17.3. The number of nitrogens with zero attached hydrogens (tertiary/aromatic N) is 4. The molecule has 2 fully saturated rings. The standard InChI is InChI=1S/C21H28N4O/c1-2-16(1)11-25-21-19(9-23-25)12-24(10-17-5-7-22-8-6-17)13-20(21)15-26-14-18-3-4-18/h5-9,16,18,20H,1-4,10-15H2. The van der Waals surface area contributed by atoms with Crippen LogP contribution in [0.25, 0.3) is 0 Å². The van der Waals surface area contributed by atoms with Crippen molar-refractivity contribution in [3.63, 3.8) is 0 Å². The summed E-state index contributed by atoms with van der Waals surface area (Å²) < 4.78 is 8.41. The van der Waals surface area contributed by atoms with Gasteiger partial charge in [0.05, 0.1) is 12.8 Å². The SMILES string of the molecule is c1cc(CN2Cc3cnn(CC4CC4)c3C(COCC3CC3)C2)ccn1. The van der Waals surface area contributed by atoms with Crippen LogP contribution in [0.3, 0.4) is 0 Å². The number of fused-ring (bicyclic) bond motifs is 1. The van der Waals surface area contributed by atoms with E-state index >= 15 is 0 Å². The molecule has 0 aromatic carbocycles. The lowest BCUT2D eigenvalue weighted by molar-refractivity contribution is 0.0865. The predicted octanol–water partition coefficient (Wildman–Crippen LogP) is 3.21. The predicted molar refractivity (Wildman–Crippen MR) is 99.6 cm³/mol. The fourth-order valence-electron chi connectivity index (χ4n) is 4.08. The summed E-state index contributed by atoms with van der Waals surface area (Å²) >= 11 is 0. The highest BCUT2D eigenvalue weighted by Crippen LogP contribution is 2.35. The Bertz CT molecular complexity index is 736. The Hall–Kier alpha value is -1.72. The van der Waals surface area contributed by atoms with Crippen molar-refractivity contribution in [2.75, 3.05) is 19.8 Å². The highest BCUT2D eigenvalue weighted by atomic mass is 16.5. The largest absolute Gasteiger partial charge is 0.380 e. The summed E-state index contributed by atoms with van der Waals surface area (Å²) in [5.74, 6) is 2.10. The maximum absolute atomic E-state index is 6.12.